The van der Waals surface area contributed by atoms with Gasteiger partial charge in [0.05, 0.1) is 22.7 Å². The van der Waals surface area contributed by atoms with E-state index in [0.717, 1.165) is 29.5 Å². The maximum absolute atomic E-state index is 12.9. The molecule has 1 fully saturated rings. The number of likely N-dealkylation sites (tertiary alicyclic amines) is 1. The number of amides is 2. The predicted molar refractivity (Wildman–Crippen MR) is 127 cm³/mol. The third kappa shape index (κ3) is 4.43. The van der Waals surface area contributed by atoms with Crippen molar-refractivity contribution in [1.29, 1.82) is 0 Å². The highest BCUT2D eigenvalue weighted by Crippen LogP contribution is 2.35. The fourth-order valence-electron chi connectivity index (χ4n) is 4.29. The number of nitrogens with one attached hydrogen (secondary N) is 2. The number of benzene rings is 2. The summed E-state index contributed by atoms with van der Waals surface area (Å²) in [5, 5.41) is 4.39. The van der Waals surface area contributed by atoms with Crippen LogP contribution in [0.15, 0.2) is 42.6 Å². The Hall–Kier alpha value is -2.70. The first kappa shape index (κ1) is 22.5. The molecule has 2 amide bonds. The molecule has 2 N–H and O–H groups in total. The second kappa shape index (κ2) is 9.43. The molecule has 0 spiro atoms. The van der Waals surface area contributed by atoms with Crippen LogP contribution in [0.3, 0.4) is 0 Å². The van der Waals surface area contributed by atoms with Crippen molar-refractivity contribution in [3.05, 3.63) is 63.8 Å². The highest BCUT2D eigenvalue weighted by molar-refractivity contribution is 6.43. The number of fused-ring (bicyclic) bond motifs is 1. The Morgan fingerprint density at radius 3 is 2.66 bits per heavy atom. The zero-order chi connectivity index (χ0) is 22.8. The summed E-state index contributed by atoms with van der Waals surface area (Å²) in [6.45, 7) is 2.97. The van der Waals surface area contributed by atoms with Crippen LogP contribution in [-0.2, 0) is 4.79 Å². The van der Waals surface area contributed by atoms with E-state index in [1.807, 2.05) is 17.0 Å². The minimum Gasteiger partial charge on any atom is -0.497 e. The van der Waals surface area contributed by atoms with E-state index in [-0.39, 0.29) is 16.5 Å². The van der Waals surface area contributed by atoms with E-state index < -0.39 is 11.9 Å². The lowest BCUT2D eigenvalue weighted by Crippen LogP contribution is -2.49. The quantitative estimate of drug-likeness (QED) is 0.546. The van der Waals surface area contributed by atoms with Gasteiger partial charge in [-0.2, -0.15) is 0 Å². The van der Waals surface area contributed by atoms with E-state index in [0.29, 0.717) is 24.0 Å². The van der Waals surface area contributed by atoms with Crippen molar-refractivity contribution in [1.82, 2.24) is 15.2 Å². The van der Waals surface area contributed by atoms with Gasteiger partial charge in [0.1, 0.15) is 11.8 Å². The molecule has 1 aliphatic rings. The zero-order valence-electron chi connectivity index (χ0n) is 18.0. The molecule has 1 aromatic heterocycles. The van der Waals surface area contributed by atoms with Gasteiger partial charge < -0.3 is 19.9 Å². The van der Waals surface area contributed by atoms with Crippen molar-refractivity contribution in [3.8, 4) is 5.75 Å². The van der Waals surface area contributed by atoms with Crippen LogP contribution in [0.4, 0.5) is 0 Å². The van der Waals surface area contributed by atoms with Crippen LogP contribution in [-0.4, -0.2) is 47.9 Å². The van der Waals surface area contributed by atoms with Crippen LogP contribution in [0, 0.1) is 0 Å². The standard InChI is InChI=1S/C24H25Cl2N3O3/c1-14(28-23(30)17-4-3-5-20(25)22(17)26)24(31)29-10-8-15(9-11-29)19-13-27-21-7-6-16(32-2)12-18(19)21/h3-7,12-15,27H,8-11H2,1-2H3,(H,28,30). The minimum atomic E-state index is -0.661. The second-order valence-electron chi connectivity index (χ2n) is 8.05. The zero-order valence-corrected chi connectivity index (χ0v) is 19.5. The van der Waals surface area contributed by atoms with Crippen LogP contribution < -0.4 is 10.1 Å². The summed E-state index contributed by atoms with van der Waals surface area (Å²) >= 11 is 12.1. The molecule has 1 aliphatic heterocycles. The fraction of sp³-hybridized carbons (Fsp3) is 0.333. The fourth-order valence-corrected chi connectivity index (χ4v) is 4.67. The number of aromatic amines is 1. The Morgan fingerprint density at radius 1 is 1.19 bits per heavy atom. The number of piperidine rings is 1. The van der Waals surface area contributed by atoms with Gasteiger partial charge in [0.25, 0.3) is 5.91 Å². The highest BCUT2D eigenvalue weighted by Gasteiger charge is 2.29. The average Bonchev–Trinajstić information content (AvgIpc) is 3.23. The van der Waals surface area contributed by atoms with Gasteiger partial charge in [-0.3, -0.25) is 9.59 Å². The first-order valence-corrected chi connectivity index (χ1v) is 11.3. The number of aromatic nitrogens is 1. The molecule has 2 aromatic carbocycles. The summed E-state index contributed by atoms with van der Waals surface area (Å²) < 4.78 is 5.37. The average molecular weight is 474 g/mol. The van der Waals surface area contributed by atoms with E-state index in [4.69, 9.17) is 27.9 Å². The Morgan fingerprint density at radius 2 is 1.94 bits per heavy atom. The minimum absolute atomic E-state index is 0.101. The molecule has 32 heavy (non-hydrogen) atoms. The lowest BCUT2D eigenvalue weighted by Gasteiger charge is -2.33. The Kier molecular flexibility index (Phi) is 6.63. The van der Waals surface area contributed by atoms with Gasteiger partial charge in [-0.1, -0.05) is 29.3 Å². The summed E-state index contributed by atoms with van der Waals surface area (Å²) in [6, 6.07) is 10.2. The van der Waals surface area contributed by atoms with Crippen LogP contribution in [0.1, 0.15) is 41.6 Å². The lowest BCUT2D eigenvalue weighted by atomic mass is 9.89. The van der Waals surface area contributed by atoms with Crippen LogP contribution in [0.2, 0.25) is 10.0 Å². The number of halogens is 2. The molecular formula is C24H25Cl2N3O3. The molecular weight excluding hydrogens is 449 g/mol. The summed E-state index contributed by atoms with van der Waals surface area (Å²) in [4.78, 5) is 30.6. The van der Waals surface area contributed by atoms with Gasteiger partial charge in [0.2, 0.25) is 5.91 Å². The molecule has 2 heterocycles. The molecule has 3 aromatic rings. The van der Waals surface area contributed by atoms with Gasteiger partial charge in [0.15, 0.2) is 0 Å². The van der Waals surface area contributed by atoms with E-state index in [1.165, 1.54) is 5.56 Å². The first-order chi connectivity index (χ1) is 15.4. The summed E-state index contributed by atoms with van der Waals surface area (Å²) in [5.74, 6) is 0.668. The third-order valence-corrected chi connectivity index (χ3v) is 6.90. The normalized spacial score (nSPS) is 15.6. The molecule has 6 nitrogen and oxygen atoms in total. The van der Waals surface area contributed by atoms with Crippen molar-refractivity contribution < 1.29 is 14.3 Å². The molecule has 0 aliphatic carbocycles. The Bertz CT molecular complexity index is 1150. The molecule has 1 atom stereocenters. The van der Waals surface area contributed by atoms with Gasteiger partial charge in [-0.15, -0.1) is 0 Å². The largest absolute Gasteiger partial charge is 0.497 e. The number of H-pyrrole nitrogens is 1. The summed E-state index contributed by atoms with van der Waals surface area (Å²) in [7, 11) is 1.66. The maximum Gasteiger partial charge on any atom is 0.253 e. The molecule has 4 rings (SSSR count). The maximum atomic E-state index is 12.9. The number of ether oxygens (including phenoxy) is 1. The van der Waals surface area contributed by atoms with Crippen LogP contribution >= 0.6 is 23.2 Å². The van der Waals surface area contributed by atoms with Crippen LogP contribution in [0.5, 0.6) is 5.75 Å². The van der Waals surface area contributed by atoms with E-state index >= 15 is 0 Å². The number of methoxy groups -OCH3 is 1. The number of carbonyl (C=O) groups excluding carboxylic acids is 2. The van der Waals surface area contributed by atoms with Gasteiger partial charge >= 0.3 is 0 Å². The lowest BCUT2D eigenvalue weighted by molar-refractivity contribution is -0.133. The molecule has 0 bridgehead atoms. The Labute approximate surface area is 196 Å². The SMILES string of the molecule is COc1ccc2[nH]cc(C3CCN(C(=O)C(C)NC(=O)c4cccc(Cl)c4Cl)CC3)c2c1. The summed E-state index contributed by atoms with van der Waals surface area (Å²) in [6.07, 6.45) is 3.78. The number of hydrogen-bond donors (Lipinski definition) is 2. The predicted octanol–water partition coefficient (Wildman–Crippen LogP) is 5.01. The van der Waals surface area contributed by atoms with E-state index in [2.05, 4.69) is 22.6 Å². The monoisotopic (exact) mass is 473 g/mol. The van der Waals surface area contributed by atoms with Crippen molar-refractivity contribution in [2.45, 2.75) is 31.7 Å². The smallest absolute Gasteiger partial charge is 0.253 e. The van der Waals surface area contributed by atoms with E-state index in [1.54, 1.807) is 32.2 Å². The molecule has 168 valence electrons. The van der Waals surface area contributed by atoms with Gasteiger partial charge in [-0.05, 0) is 61.6 Å². The molecule has 0 radical (unpaired) electrons. The van der Waals surface area contributed by atoms with Crippen molar-refractivity contribution >= 4 is 45.9 Å². The molecule has 1 unspecified atom stereocenters. The Balaban J connectivity index is 1.38. The van der Waals surface area contributed by atoms with Crippen molar-refractivity contribution in [3.63, 3.8) is 0 Å². The molecule has 1 saturated heterocycles. The van der Waals surface area contributed by atoms with Crippen LogP contribution in [0.25, 0.3) is 10.9 Å². The van der Waals surface area contributed by atoms with E-state index in [9.17, 15) is 9.59 Å². The molecule has 0 saturated carbocycles. The molecule has 8 heteroatoms. The number of hydrogen-bond acceptors (Lipinski definition) is 3. The van der Waals surface area contributed by atoms with Gasteiger partial charge in [0, 0.05) is 30.2 Å². The third-order valence-electron chi connectivity index (χ3n) is 6.08. The number of carbonyl (C=O) groups is 2. The number of nitrogens with zero attached hydrogens (tertiary/aromatic N) is 1. The summed E-state index contributed by atoms with van der Waals surface area (Å²) in [5.41, 5.74) is 2.59. The topological polar surface area (TPSA) is 74.4 Å². The van der Waals surface area contributed by atoms with Crippen molar-refractivity contribution in [2.24, 2.45) is 0 Å². The second-order valence-corrected chi connectivity index (χ2v) is 8.84. The highest BCUT2D eigenvalue weighted by atomic mass is 35.5. The van der Waals surface area contributed by atoms with Gasteiger partial charge in [-0.25, -0.2) is 0 Å². The van der Waals surface area contributed by atoms with Crippen molar-refractivity contribution in [2.75, 3.05) is 20.2 Å². The first-order valence-electron chi connectivity index (χ1n) is 10.6. The number of rotatable bonds is 5.